The molecule has 0 bridgehead atoms. The molecule has 1 aromatic carbocycles. The van der Waals surface area contributed by atoms with Gasteiger partial charge >= 0.3 is 0 Å². The SMILES string of the molecule is Cc1cc(S(=O)(=O)NCc2ccco2)ccc1-n1cnnn1. The Morgan fingerprint density at radius 3 is 2.82 bits per heavy atom. The van der Waals surface area contributed by atoms with Crippen molar-refractivity contribution < 1.29 is 12.8 Å². The summed E-state index contributed by atoms with van der Waals surface area (Å²) in [6, 6.07) is 8.15. The van der Waals surface area contributed by atoms with E-state index in [0.717, 1.165) is 11.3 Å². The first-order valence-electron chi connectivity index (χ1n) is 6.42. The van der Waals surface area contributed by atoms with Crippen molar-refractivity contribution in [1.29, 1.82) is 0 Å². The molecule has 9 heteroatoms. The van der Waals surface area contributed by atoms with E-state index in [-0.39, 0.29) is 11.4 Å². The van der Waals surface area contributed by atoms with Crippen LogP contribution in [0, 0.1) is 6.92 Å². The number of aromatic nitrogens is 4. The van der Waals surface area contributed by atoms with Crippen LogP contribution in [0.4, 0.5) is 0 Å². The van der Waals surface area contributed by atoms with Gasteiger partial charge < -0.3 is 4.42 Å². The van der Waals surface area contributed by atoms with Crippen molar-refractivity contribution in [3.8, 4) is 5.69 Å². The highest BCUT2D eigenvalue weighted by Crippen LogP contribution is 2.18. The molecule has 0 amide bonds. The van der Waals surface area contributed by atoms with Gasteiger partial charge in [-0.2, -0.15) is 0 Å². The number of tetrazole rings is 1. The average molecular weight is 319 g/mol. The molecular formula is C13H13N5O3S. The average Bonchev–Trinajstić information content (AvgIpc) is 3.18. The van der Waals surface area contributed by atoms with Crippen molar-refractivity contribution in [3.05, 3.63) is 54.2 Å². The van der Waals surface area contributed by atoms with Crippen LogP contribution < -0.4 is 4.72 Å². The highest BCUT2D eigenvalue weighted by Gasteiger charge is 2.16. The Labute approximate surface area is 126 Å². The number of rotatable bonds is 5. The zero-order valence-corrected chi connectivity index (χ0v) is 12.5. The van der Waals surface area contributed by atoms with Gasteiger partial charge in [-0.05, 0) is 53.2 Å². The maximum Gasteiger partial charge on any atom is 0.240 e. The fraction of sp³-hybridized carbons (Fsp3) is 0.154. The van der Waals surface area contributed by atoms with Crippen LogP contribution in [0.25, 0.3) is 5.69 Å². The second-order valence-corrected chi connectivity index (χ2v) is 6.37. The van der Waals surface area contributed by atoms with E-state index in [9.17, 15) is 8.42 Å². The summed E-state index contributed by atoms with van der Waals surface area (Å²) in [5.41, 5.74) is 1.46. The minimum Gasteiger partial charge on any atom is -0.468 e. The van der Waals surface area contributed by atoms with Gasteiger partial charge in [-0.15, -0.1) is 5.10 Å². The van der Waals surface area contributed by atoms with E-state index in [2.05, 4.69) is 20.2 Å². The standard InChI is InChI=1S/C13H13N5O3S/c1-10-7-12(4-5-13(10)18-9-14-16-17-18)22(19,20)15-8-11-3-2-6-21-11/h2-7,9,15H,8H2,1H3. The van der Waals surface area contributed by atoms with E-state index >= 15 is 0 Å². The van der Waals surface area contributed by atoms with Crippen molar-refractivity contribution in [1.82, 2.24) is 24.9 Å². The Bertz CT molecular complexity index is 857. The van der Waals surface area contributed by atoms with Gasteiger partial charge in [0.25, 0.3) is 0 Å². The third kappa shape index (κ3) is 2.90. The molecule has 0 atom stereocenters. The first-order valence-corrected chi connectivity index (χ1v) is 7.91. The molecule has 3 rings (SSSR count). The molecule has 1 N–H and O–H groups in total. The van der Waals surface area contributed by atoms with Gasteiger partial charge in [0.15, 0.2) is 0 Å². The molecule has 2 aromatic heterocycles. The summed E-state index contributed by atoms with van der Waals surface area (Å²) >= 11 is 0. The molecule has 114 valence electrons. The maximum absolute atomic E-state index is 12.3. The number of benzene rings is 1. The fourth-order valence-electron chi connectivity index (χ4n) is 1.99. The van der Waals surface area contributed by atoms with E-state index in [1.165, 1.54) is 23.3 Å². The summed E-state index contributed by atoms with van der Waals surface area (Å²) in [5.74, 6) is 0.547. The second kappa shape index (κ2) is 5.70. The van der Waals surface area contributed by atoms with E-state index in [0.29, 0.717) is 5.76 Å². The van der Waals surface area contributed by atoms with Gasteiger partial charge in [-0.1, -0.05) is 0 Å². The van der Waals surface area contributed by atoms with Gasteiger partial charge in [0, 0.05) is 0 Å². The van der Waals surface area contributed by atoms with E-state index in [1.807, 2.05) is 0 Å². The monoisotopic (exact) mass is 319 g/mol. The Morgan fingerprint density at radius 1 is 1.32 bits per heavy atom. The third-order valence-electron chi connectivity index (χ3n) is 3.09. The lowest BCUT2D eigenvalue weighted by molar-refractivity contribution is 0.498. The normalized spacial score (nSPS) is 11.7. The molecule has 2 heterocycles. The zero-order chi connectivity index (χ0) is 15.6. The number of nitrogens with zero attached hydrogens (tertiary/aromatic N) is 4. The minimum atomic E-state index is -3.62. The van der Waals surface area contributed by atoms with Crippen LogP contribution in [0.15, 0.2) is 52.2 Å². The molecule has 22 heavy (non-hydrogen) atoms. The number of aryl methyl sites for hydroxylation is 1. The Balaban J connectivity index is 1.83. The Hall–Kier alpha value is -2.52. The van der Waals surface area contributed by atoms with Crippen molar-refractivity contribution in [2.75, 3.05) is 0 Å². The largest absolute Gasteiger partial charge is 0.468 e. The lowest BCUT2D eigenvalue weighted by Crippen LogP contribution is -2.23. The van der Waals surface area contributed by atoms with Crippen LogP contribution in [-0.2, 0) is 16.6 Å². The molecular weight excluding hydrogens is 306 g/mol. The van der Waals surface area contributed by atoms with Crippen molar-refractivity contribution in [2.45, 2.75) is 18.4 Å². The lowest BCUT2D eigenvalue weighted by Gasteiger charge is -2.09. The summed E-state index contributed by atoms with van der Waals surface area (Å²) in [6.07, 6.45) is 2.94. The number of hydrogen-bond donors (Lipinski definition) is 1. The predicted molar refractivity (Wildman–Crippen MR) is 76.6 cm³/mol. The molecule has 3 aromatic rings. The highest BCUT2D eigenvalue weighted by molar-refractivity contribution is 7.89. The van der Waals surface area contributed by atoms with Gasteiger partial charge in [-0.25, -0.2) is 17.8 Å². The molecule has 0 unspecified atom stereocenters. The smallest absolute Gasteiger partial charge is 0.240 e. The summed E-state index contributed by atoms with van der Waals surface area (Å²) < 4.78 is 33.6. The number of sulfonamides is 1. The van der Waals surface area contributed by atoms with Gasteiger partial charge in [-0.3, -0.25) is 0 Å². The van der Waals surface area contributed by atoms with Crippen LogP contribution in [0.2, 0.25) is 0 Å². The third-order valence-corrected chi connectivity index (χ3v) is 4.49. The van der Waals surface area contributed by atoms with Gasteiger partial charge in [0.05, 0.1) is 23.4 Å². The molecule has 0 aliphatic carbocycles. The first-order chi connectivity index (χ1) is 10.6. The predicted octanol–water partition coefficient (Wildman–Crippen LogP) is 1.04. The maximum atomic E-state index is 12.3. The first kappa shape index (κ1) is 14.4. The molecule has 8 nitrogen and oxygen atoms in total. The van der Waals surface area contributed by atoms with E-state index in [4.69, 9.17) is 4.42 Å². The van der Waals surface area contributed by atoms with E-state index < -0.39 is 10.0 Å². The number of hydrogen-bond acceptors (Lipinski definition) is 6. The van der Waals surface area contributed by atoms with Crippen LogP contribution in [0.3, 0.4) is 0 Å². The molecule has 0 saturated heterocycles. The summed E-state index contributed by atoms with van der Waals surface area (Å²) in [4.78, 5) is 0.174. The van der Waals surface area contributed by atoms with Crippen LogP contribution in [0.5, 0.6) is 0 Å². The summed E-state index contributed by atoms with van der Waals surface area (Å²) in [6.45, 7) is 1.89. The topological polar surface area (TPSA) is 103 Å². The molecule has 0 fully saturated rings. The van der Waals surface area contributed by atoms with Crippen LogP contribution in [-0.4, -0.2) is 28.6 Å². The van der Waals surface area contributed by atoms with Crippen molar-refractivity contribution in [2.24, 2.45) is 0 Å². The van der Waals surface area contributed by atoms with E-state index in [1.54, 1.807) is 31.2 Å². The quantitative estimate of drug-likeness (QED) is 0.754. The Kier molecular flexibility index (Phi) is 3.73. The van der Waals surface area contributed by atoms with Crippen molar-refractivity contribution in [3.63, 3.8) is 0 Å². The van der Waals surface area contributed by atoms with Crippen LogP contribution in [0.1, 0.15) is 11.3 Å². The lowest BCUT2D eigenvalue weighted by atomic mass is 10.2. The van der Waals surface area contributed by atoms with Crippen molar-refractivity contribution >= 4 is 10.0 Å². The molecule has 0 aliphatic heterocycles. The highest BCUT2D eigenvalue weighted by atomic mass is 32.2. The van der Waals surface area contributed by atoms with Crippen LogP contribution >= 0.6 is 0 Å². The second-order valence-electron chi connectivity index (χ2n) is 4.61. The number of nitrogens with one attached hydrogen (secondary N) is 1. The molecule has 0 saturated carbocycles. The summed E-state index contributed by atoms with van der Waals surface area (Å²) in [5, 5.41) is 10.9. The van der Waals surface area contributed by atoms with Gasteiger partial charge in [0.2, 0.25) is 10.0 Å². The fourth-order valence-corrected chi connectivity index (χ4v) is 3.06. The Morgan fingerprint density at radius 2 is 2.18 bits per heavy atom. The van der Waals surface area contributed by atoms with Gasteiger partial charge in [0.1, 0.15) is 12.1 Å². The molecule has 0 radical (unpaired) electrons. The summed E-state index contributed by atoms with van der Waals surface area (Å²) in [7, 11) is -3.62. The minimum absolute atomic E-state index is 0.100. The zero-order valence-electron chi connectivity index (χ0n) is 11.7. The number of furan rings is 1. The molecule has 0 spiro atoms. The molecule has 0 aliphatic rings.